The lowest BCUT2D eigenvalue weighted by molar-refractivity contribution is 0.0575. The molecule has 3 heteroatoms. The molecule has 0 aliphatic heterocycles. The number of unbranched alkanes of at least 4 members (excludes halogenated alkanes) is 1. The molecule has 0 aromatic carbocycles. The highest BCUT2D eigenvalue weighted by Crippen LogP contribution is 2.02. The highest BCUT2D eigenvalue weighted by molar-refractivity contribution is 4.70. The van der Waals surface area contributed by atoms with Gasteiger partial charge in [0.25, 0.3) is 0 Å². The zero-order chi connectivity index (χ0) is 11.4. The van der Waals surface area contributed by atoms with Gasteiger partial charge in [-0.1, -0.05) is 13.0 Å². The summed E-state index contributed by atoms with van der Waals surface area (Å²) in [5, 5.41) is 3.42. The average molecular weight is 215 g/mol. The van der Waals surface area contributed by atoms with Crippen LogP contribution in [0.25, 0.3) is 0 Å². The van der Waals surface area contributed by atoms with Gasteiger partial charge in [0.1, 0.15) is 0 Å². The average Bonchev–Trinajstić information content (AvgIpc) is 2.24. The topological polar surface area (TPSA) is 30.5 Å². The van der Waals surface area contributed by atoms with Gasteiger partial charge in [0, 0.05) is 13.2 Å². The van der Waals surface area contributed by atoms with E-state index in [0.29, 0.717) is 19.3 Å². The lowest BCUT2D eigenvalue weighted by Gasteiger charge is -2.17. The number of hydrogen-bond acceptors (Lipinski definition) is 3. The van der Waals surface area contributed by atoms with E-state index in [-0.39, 0.29) is 0 Å². The lowest BCUT2D eigenvalue weighted by atomic mass is 10.1. The molecule has 0 fully saturated rings. The van der Waals surface area contributed by atoms with Crippen LogP contribution in [-0.4, -0.2) is 39.5 Å². The fourth-order valence-corrected chi connectivity index (χ4v) is 1.41. The van der Waals surface area contributed by atoms with Crippen LogP contribution in [-0.2, 0) is 9.47 Å². The molecule has 0 heterocycles. The second kappa shape index (κ2) is 11.7. The van der Waals surface area contributed by atoms with Crippen LogP contribution in [0.5, 0.6) is 0 Å². The fourth-order valence-electron chi connectivity index (χ4n) is 1.41. The monoisotopic (exact) mass is 215 g/mol. The molecule has 0 aliphatic carbocycles. The molecule has 0 aromatic heterocycles. The molecule has 0 aliphatic rings. The Kier molecular flexibility index (Phi) is 11.4. The van der Waals surface area contributed by atoms with E-state index in [4.69, 9.17) is 9.47 Å². The first-order valence-electron chi connectivity index (χ1n) is 5.76. The summed E-state index contributed by atoms with van der Waals surface area (Å²) < 4.78 is 10.4. The summed E-state index contributed by atoms with van der Waals surface area (Å²) in [6, 6.07) is 0.465. The van der Waals surface area contributed by atoms with Gasteiger partial charge < -0.3 is 14.8 Å². The van der Waals surface area contributed by atoms with E-state index in [0.717, 1.165) is 26.0 Å². The smallest absolute Gasteiger partial charge is 0.0701 e. The molecule has 1 N–H and O–H groups in total. The molecule has 0 amide bonds. The van der Waals surface area contributed by atoms with E-state index in [1.165, 1.54) is 6.42 Å². The maximum atomic E-state index is 5.51. The van der Waals surface area contributed by atoms with E-state index in [9.17, 15) is 0 Å². The molecule has 0 saturated carbocycles. The number of allylic oxidation sites excluding steroid dienone is 1. The van der Waals surface area contributed by atoms with E-state index >= 15 is 0 Å². The summed E-state index contributed by atoms with van der Waals surface area (Å²) in [7, 11) is 1.69. The Morgan fingerprint density at radius 1 is 1.40 bits per heavy atom. The Labute approximate surface area is 93.8 Å². The number of ether oxygens (including phenoxy) is 2. The molecule has 15 heavy (non-hydrogen) atoms. The minimum atomic E-state index is 0.465. The first kappa shape index (κ1) is 14.6. The van der Waals surface area contributed by atoms with Gasteiger partial charge >= 0.3 is 0 Å². The number of likely N-dealkylation sites (N-methyl/N-ethyl adjacent to an activating group) is 1. The van der Waals surface area contributed by atoms with Gasteiger partial charge in [0.2, 0.25) is 0 Å². The molecule has 0 aromatic rings. The Hall–Kier alpha value is -0.380. The zero-order valence-electron chi connectivity index (χ0n) is 10.1. The summed E-state index contributed by atoms with van der Waals surface area (Å²) in [6.45, 7) is 8.96. The molecule has 0 bridgehead atoms. The molecule has 1 unspecified atom stereocenters. The number of rotatable bonds is 11. The fraction of sp³-hybridized carbons (Fsp3) is 0.833. The normalized spacial score (nSPS) is 12.7. The number of methoxy groups -OCH3 is 1. The quantitative estimate of drug-likeness (QED) is 0.422. The molecule has 0 rings (SSSR count). The molecule has 1 atom stereocenters. The molecular weight excluding hydrogens is 190 g/mol. The second-order valence-corrected chi connectivity index (χ2v) is 3.54. The molecule has 0 spiro atoms. The van der Waals surface area contributed by atoms with Crippen LogP contribution in [0.1, 0.15) is 26.2 Å². The summed E-state index contributed by atoms with van der Waals surface area (Å²) in [5.41, 5.74) is 0. The van der Waals surface area contributed by atoms with E-state index in [1.54, 1.807) is 7.11 Å². The van der Waals surface area contributed by atoms with Crippen molar-refractivity contribution < 1.29 is 9.47 Å². The first-order chi connectivity index (χ1) is 7.35. The van der Waals surface area contributed by atoms with E-state index < -0.39 is 0 Å². The van der Waals surface area contributed by atoms with Crippen LogP contribution in [0.15, 0.2) is 12.7 Å². The summed E-state index contributed by atoms with van der Waals surface area (Å²) in [4.78, 5) is 0. The predicted molar refractivity (Wildman–Crippen MR) is 64.2 cm³/mol. The third-order valence-electron chi connectivity index (χ3n) is 2.20. The minimum absolute atomic E-state index is 0.465. The van der Waals surface area contributed by atoms with Crippen LogP contribution < -0.4 is 5.32 Å². The third-order valence-corrected chi connectivity index (χ3v) is 2.20. The second-order valence-electron chi connectivity index (χ2n) is 3.54. The SMILES string of the molecule is C=CCCCC(COCCOC)NCC. The van der Waals surface area contributed by atoms with Crippen LogP contribution in [0.3, 0.4) is 0 Å². The van der Waals surface area contributed by atoms with Crippen molar-refractivity contribution in [3.8, 4) is 0 Å². The van der Waals surface area contributed by atoms with E-state index in [2.05, 4.69) is 18.8 Å². The van der Waals surface area contributed by atoms with Crippen LogP contribution in [0.2, 0.25) is 0 Å². The van der Waals surface area contributed by atoms with Gasteiger partial charge in [-0.3, -0.25) is 0 Å². The summed E-state index contributed by atoms with van der Waals surface area (Å²) in [6.07, 6.45) is 5.37. The van der Waals surface area contributed by atoms with Gasteiger partial charge in [-0.05, 0) is 25.8 Å². The van der Waals surface area contributed by atoms with Gasteiger partial charge in [-0.15, -0.1) is 6.58 Å². The number of nitrogens with one attached hydrogen (secondary N) is 1. The first-order valence-corrected chi connectivity index (χ1v) is 5.76. The van der Waals surface area contributed by atoms with Gasteiger partial charge in [0.15, 0.2) is 0 Å². The van der Waals surface area contributed by atoms with Gasteiger partial charge in [-0.2, -0.15) is 0 Å². The maximum Gasteiger partial charge on any atom is 0.0701 e. The predicted octanol–water partition coefficient (Wildman–Crippen LogP) is 1.98. The van der Waals surface area contributed by atoms with Crippen molar-refractivity contribution in [2.24, 2.45) is 0 Å². The molecular formula is C12H25NO2. The van der Waals surface area contributed by atoms with Crippen molar-refractivity contribution in [2.75, 3.05) is 33.5 Å². The largest absolute Gasteiger partial charge is 0.382 e. The van der Waals surface area contributed by atoms with Crippen LogP contribution in [0.4, 0.5) is 0 Å². The van der Waals surface area contributed by atoms with Gasteiger partial charge in [0.05, 0.1) is 19.8 Å². The molecule has 3 nitrogen and oxygen atoms in total. The van der Waals surface area contributed by atoms with Crippen molar-refractivity contribution >= 4 is 0 Å². The van der Waals surface area contributed by atoms with E-state index in [1.807, 2.05) is 6.08 Å². The van der Waals surface area contributed by atoms with Crippen molar-refractivity contribution in [1.82, 2.24) is 5.32 Å². The maximum absolute atomic E-state index is 5.51. The van der Waals surface area contributed by atoms with Crippen LogP contribution >= 0.6 is 0 Å². The molecule has 90 valence electrons. The summed E-state index contributed by atoms with van der Waals surface area (Å²) >= 11 is 0. The molecule has 0 saturated heterocycles. The minimum Gasteiger partial charge on any atom is -0.382 e. The highest BCUT2D eigenvalue weighted by atomic mass is 16.5. The zero-order valence-corrected chi connectivity index (χ0v) is 10.1. The van der Waals surface area contributed by atoms with Crippen molar-refractivity contribution in [3.05, 3.63) is 12.7 Å². The van der Waals surface area contributed by atoms with Gasteiger partial charge in [-0.25, -0.2) is 0 Å². The lowest BCUT2D eigenvalue weighted by Crippen LogP contribution is -2.33. The Bertz CT molecular complexity index is 140. The Morgan fingerprint density at radius 3 is 2.80 bits per heavy atom. The highest BCUT2D eigenvalue weighted by Gasteiger charge is 2.06. The van der Waals surface area contributed by atoms with Crippen LogP contribution in [0, 0.1) is 0 Å². The Balaban J connectivity index is 3.48. The van der Waals surface area contributed by atoms with Crippen molar-refractivity contribution in [2.45, 2.75) is 32.2 Å². The summed E-state index contributed by atoms with van der Waals surface area (Å²) in [5.74, 6) is 0. The molecule has 0 radical (unpaired) electrons. The van der Waals surface area contributed by atoms with Crippen molar-refractivity contribution in [3.63, 3.8) is 0 Å². The number of hydrogen-bond donors (Lipinski definition) is 1. The Morgan fingerprint density at radius 2 is 2.20 bits per heavy atom. The third kappa shape index (κ3) is 9.91. The standard InChI is InChI=1S/C12H25NO2/c1-4-6-7-8-12(13-5-2)11-15-10-9-14-3/h4,12-13H,1,5-11H2,2-3H3. The van der Waals surface area contributed by atoms with Crippen molar-refractivity contribution in [1.29, 1.82) is 0 Å².